The predicted molar refractivity (Wildman–Crippen MR) is 92.8 cm³/mol. The summed E-state index contributed by atoms with van der Waals surface area (Å²) in [6.45, 7) is 5.85. The van der Waals surface area contributed by atoms with E-state index >= 15 is 0 Å². The van der Waals surface area contributed by atoms with Gasteiger partial charge < -0.3 is 9.80 Å². The Bertz CT molecular complexity index is 566. The highest BCUT2D eigenvalue weighted by Gasteiger charge is 2.35. The third-order valence-electron chi connectivity index (χ3n) is 5.79. The summed E-state index contributed by atoms with van der Waals surface area (Å²) in [5.74, 6) is 1.36. The van der Waals surface area contributed by atoms with E-state index < -0.39 is 0 Å². The molecule has 0 spiro atoms. The second kappa shape index (κ2) is 7.05. The van der Waals surface area contributed by atoms with E-state index in [1.54, 1.807) is 18.6 Å². The minimum atomic E-state index is 0.107. The van der Waals surface area contributed by atoms with Crippen molar-refractivity contribution < 1.29 is 4.79 Å². The average Bonchev–Trinajstić information content (AvgIpc) is 2.68. The van der Waals surface area contributed by atoms with Gasteiger partial charge in [-0.3, -0.25) is 14.7 Å². The third kappa shape index (κ3) is 3.24. The Hall–Kier alpha value is -1.69. The average molecular weight is 329 g/mol. The number of aromatic nitrogens is 2. The van der Waals surface area contributed by atoms with Crippen LogP contribution in [0.5, 0.6) is 0 Å². The fraction of sp³-hybridized carbons (Fsp3) is 0.722. The maximum Gasteiger partial charge on any atom is 0.227 e. The summed E-state index contributed by atoms with van der Waals surface area (Å²) in [5.41, 5.74) is 0. The zero-order valence-electron chi connectivity index (χ0n) is 14.3. The molecule has 3 saturated heterocycles. The third-order valence-corrected chi connectivity index (χ3v) is 5.79. The van der Waals surface area contributed by atoms with E-state index in [0.717, 1.165) is 51.4 Å². The standard InChI is InChI=1S/C18H27N5O/c24-18(23-11-10-21-8-2-1-5-16(21)14-23)15-4-3-9-22(13-15)17-12-19-6-7-20-17/h6-7,12,15-16H,1-5,8-11,13-14H2/t15-,16+/m1/s1. The van der Waals surface area contributed by atoms with Crippen molar-refractivity contribution in [2.75, 3.05) is 44.2 Å². The van der Waals surface area contributed by atoms with Crippen molar-refractivity contribution in [2.45, 2.75) is 38.1 Å². The lowest BCUT2D eigenvalue weighted by Crippen LogP contribution is -2.58. The van der Waals surface area contributed by atoms with Gasteiger partial charge in [0.25, 0.3) is 0 Å². The Morgan fingerprint density at radius 1 is 1.00 bits per heavy atom. The van der Waals surface area contributed by atoms with Gasteiger partial charge in [0, 0.05) is 51.2 Å². The Morgan fingerprint density at radius 3 is 2.83 bits per heavy atom. The van der Waals surface area contributed by atoms with Gasteiger partial charge in [0.2, 0.25) is 5.91 Å². The van der Waals surface area contributed by atoms with Crippen molar-refractivity contribution in [1.29, 1.82) is 0 Å². The molecular weight excluding hydrogens is 302 g/mol. The lowest BCUT2D eigenvalue weighted by atomic mass is 9.94. The van der Waals surface area contributed by atoms with Gasteiger partial charge in [0.15, 0.2) is 0 Å². The zero-order valence-corrected chi connectivity index (χ0v) is 14.3. The molecule has 24 heavy (non-hydrogen) atoms. The minimum absolute atomic E-state index is 0.107. The number of fused-ring (bicyclic) bond motifs is 1. The van der Waals surface area contributed by atoms with E-state index in [9.17, 15) is 4.79 Å². The van der Waals surface area contributed by atoms with E-state index in [2.05, 4.69) is 24.7 Å². The Labute approximate surface area is 143 Å². The van der Waals surface area contributed by atoms with Gasteiger partial charge in [-0.25, -0.2) is 4.98 Å². The Balaban J connectivity index is 1.39. The SMILES string of the molecule is O=C([C@@H]1CCCN(c2cnccn2)C1)N1CCN2CCCC[C@H]2C1. The summed E-state index contributed by atoms with van der Waals surface area (Å²) in [6, 6.07) is 0.594. The highest BCUT2D eigenvalue weighted by Crippen LogP contribution is 2.26. The molecule has 4 rings (SSSR count). The van der Waals surface area contributed by atoms with Crippen molar-refractivity contribution in [3.63, 3.8) is 0 Å². The van der Waals surface area contributed by atoms with Crippen LogP contribution in [0.1, 0.15) is 32.1 Å². The lowest BCUT2D eigenvalue weighted by molar-refractivity contribution is -0.139. The molecule has 0 aromatic carbocycles. The first-order valence-corrected chi connectivity index (χ1v) is 9.35. The number of anilines is 1. The Morgan fingerprint density at radius 2 is 1.96 bits per heavy atom. The molecule has 1 amide bonds. The summed E-state index contributed by atoms with van der Waals surface area (Å²) in [5, 5.41) is 0. The summed E-state index contributed by atoms with van der Waals surface area (Å²) in [6.07, 6.45) is 11.2. The molecule has 0 bridgehead atoms. The van der Waals surface area contributed by atoms with Gasteiger partial charge in [0.05, 0.1) is 12.1 Å². The van der Waals surface area contributed by atoms with E-state index in [1.807, 2.05) is 0 Å². The molecule has 4 heterocycles. The van der Waals surface area contributed by atoms with Crippen molar-refractivity contribution in [3.05, 3.63) is 18.6 Å². The molecule has 3 fully saturated rings. The number of amides is 1. The molecule has 0 aliphatic carbocycles. The number of piperazine rings is 1. The molecule has 1 aromatic heterocycles. The molecule has 3 aliphatic heterocycles. The molecule has 6 nitrogen and oxygen atoms in total. The minimum Gasteiger partial charge on any atom is -0.355 e. The van der Waals surface area contributed by atoms with Gasteiger partial charge in [-0.2, -0.15) is 0 Å². The number of hydrogen-bond acceptors (Lipinski definition) is 5. The second-order valence-corrected chi connectivity index (χ2v) is 7.32. The first kappa shape index (κ1) is 15.8. The van der Waals surface area contributed by atoms with E-state index in [0.29, 0.717) is 11.9 Å². The van der Waals surface area contributed by atoms with E-state index in [-0.39, 0.29) is 5.92 Å². The van der Waals surface area contributed by atoms with Crippen molar-refractivity contribution in [2.24, 2.45) is 5.92 Å². The molecule has 0 N–H and O–H groups in total. The number of hydrogen-bond donors (Lipinski definition) is 0. The summed E-state index contributed by atoms with van der Waals surface area (Å²) in [4.78, 5) is 28.5. The summed E-state index contributed by atoms with van der Waals surface area (Å²) >= 11 is 0. The molecular formula is C18H27N5O. The van der Waals surface area contributed by atoms with E-state index in [1.165, 1.54) is 25.8 Å². The molecule has 2 atom stereocenters. The highest BCUT2D eigenvalue weighted by molar-refractivity contribution is 5.80. The number of carbonyl (C=O) groups excluding carboxylic acids is 1. The zero-order chi connectivity index (χ0) is 16.4. The molecule has 0 unspecified atom stereocenters. The maximum atomic E-state index is 13.0. The first-order chi connectivity index (χ1) is 11.8. The van der Waals surface area contributed by atoms with Crippen molar-refractivity contribution in [1.82, 2.24) is 19.8 Å². The number of nitrogens with zero attached hydrogens (tertiary/aromatic N) is 5. The van der Waals surface area contributed by atoms with Crippen LogP contribution in [0, 0.1) is 5.92 Å². The van der Waals surface area contributed by atoms with Crippen LogP contribution in [0.25, 0.3) is 0 Å². The second-order valence-electron chi connectivity index (χ2n) is 7.32. The first-order valence-electron chi connectivity index (χ1n) is 9.35. The summed E-state index contributed by atoms with van der Waals surface area (Å²) < 4.78 is 0. The largest absolute Gasteiger partial charge is 0.355 e. The highest BCUT2D eigenvalue weighted by atomic mass is 16.2. The number of rotatable bonds is 2. The molecule has 0 radical (unpaired) electrons. The quantitative estimate of drug-likeness (QED) is 0.821. The normalized spacial score (nSPS) is 28.5. The van der Waals surface area contributed by atoms with Crippen molar-refractivity contribution in [3.8, 4) is 0 Å². The molecule has 0 saturated carbocycles. The number of piperidine rings is 2. The molecule has 1 aromatic rings. The fourth-order valence-corrected chi connectivity index (χ4v) is 4.46. The van der Waals surface area contributed by atoms with Gasteiger partial charge in [-0.05, 0) is 32.2 Å². The van der Waals surface area contributed by atoms with Crippen molar-refractivity contribution >= 4 is 11.7 Å². The maximum absolute atomic E-state index is 13.0. The Kier molecular flexibility index (Phi) is 4.65. The van der Waals surface area contributed by atoms with E-state index in [4.69, 9.17) is 0 Å². The van der Waals surface area contributed by atoms with Crippen LogP contribution in [0.2, 0.25) is 0 Å². The van der Waals surface area contributed by atoms with Crippen LogP contribution >= 0.6 is 0 Å². The van der Waals surface area contributed by atoms with Crippen LogP contribution in [-0.2, 0) is 4.79 Å². The van der Waals surface area contributed by atoms with Crippen LogP contribution in [-0.4, -0.2) is 71.0 Å². The fourth-order valence-electron chi connectivity index (χ4n) is 4.46. The molecule has 3 aliphatic rings. The van der Waals surface area contributed by atoms with Gasteiger partial charge in [-0.15, -0.1) is 0 Å². The summed E-state index contributed by atoms with van der Waals surface area (Å²) in [7, 11) is 0. The van der Waals surface area contributed by atoms with Crippen LogP contribution < -0.4 is 4.90 Å². The lowest BCUT2D eigenvalue weighted by Gasteiger charge is -2.45. The van der Waals surface area contributed by atoms with Crippen LogP contribution in [0.15, 0.2) is 18.6 Å². The van der Waals surface area contributed by atoms with Gasteiger partial charge in [0.1, 0.15) is 5.82 Å². The van der Waals surface area contributed by atoms with Gasteiger partial charge in [-0.1, -0.05) is 6.42 Å². The van der Waals surface area contributed by atoms with Crippen LogP contribution in [0.4, 0.5) is 5.82 Å². The topological polar surface area (TPSA) is 52.6 Å². The number of carbonyl (C=O) groups is 1. The smallest absolute Gasteiger partial charge is 0.227 e. The molecule has 130 valence electrons. The van der Waals surface area contributed by atoms with Gasteiger partial charge >= 0.3 is 0 Å². The predicted octanol–water partition coefficient (Wildman–Crippen LogP) is 1.39. The van der Waals surface area contributed by atoms with Crippen LogP contribution in [0.3, 0.4) is 0 Å². The monoisotopic (exact) mass is 329 g/mol. The molecule has 6 heteroatoms.